The first-order valence-electron chi connectivity index (χ1n) is 6.89. The summed E-state index contributed by atoms with van der Waals surface area (Å²) < 4.78 is 10.9. The Morgan fingerprint density at radius 3 is 2.78 bits per heavy atom. The fourth-order valence-electron chi connectivity index (χ4n) is 2.39. The summed E-state index contributed by atoms with van der Waals surface area (Å²) in [6, 6.07) is 8.51. The molecule has 1 saturated carbocycles. The Morgan fingerprint density at radius 1 is 1.22 bits per heavy atom. The second-order valence-electron chi connectivity index (χ2n) is 4.82. The quantitative estimate of drug-likeness (QED) is 0.754. The minimum atomic E-state index is 0.752. The van der Waals surface area contributed by atoms with E-state index in [4.69, 9.17) is 9.47 Å². The van der Waals surface area contributed by atoms with Crippen LogP contribution in [0, 0.1) is 0 Å². The van der Waals surface area contributed by atoms with Crippen LogP contribution in [0.15, 0.2) is 24.3 Å². The molecule has 1 fully saturated rings. The summed E-state index contributed by atoms with van der Waals surface area (Å²) >= 11 is 0. The summed E-state index contributed by atoms with van der Waals surface area (Å²) in [5, 5.41) is 3.59. The van der Waals surface area contributed by atoms with Crippen LogP contribution in [0.3, 0.4) is 0 Å². The minimum Gasteiger partial charge on any atom is -0.497 e. The number of hydrogen-bond acceptors (Lipinski definition) is 3. The minimum absolute atomic E-state index is 0.752. The normalized spacial score (nSPS) is 15.8. The molecule has 1 aliphatic carbocycles. The van der Waals surface area contributed by atoms with Gasteiger partial charge in [-0.15, -0.1) is 0 Å². The smallest absolute Gasteiger partial charge is 0.122 e. The summed E-state index contributed by atoms with van der Waals surface area (Å²) in [7, 11) is 1.67. The predicted molar refractivity (Wildman–Crippen MR) is 73.4 cm³/mol. The lowest BCUT2D eigenvalue weighted by Gasteiger charge is -2.12. The van der Waals surface area contributed by atoms with Crippen molar-refractivity contribution in [2.45, 2.75) is 38.1 Å². The van der Waals surface area contributed by atoms with Crippen molar-refractivity contribution in [1.82, 2.24) is 5.32 Å². The third kappa shape index (κ3) is 4.22. The number of hydrogen-bond donors (Lipinski definition) is 1. The van der Waals surface area contributed by atoms with Gasteiger partial charge in [-0.05, 0) is 37.9 Å². The van der Waals surface area contributed by atoms with Crippen LogP contribution >= 0.6 is 0 Å². The molecule has 0 saturated heterocycles. The number of benzene rings is 1. The third-order valence-electron chi connectivity index (χ3n) is 3.42. The summed E-state index contributed by atoms with van der Waals surface area (Å²) in [5.74, 6) is 1.73. The van der Waals surface area contributed by atoms with E-state index in [9.17, 15) is 0 Å². The summed E-state index contributed by atoms with van der Waals surface area (Å²) in [4.78, 5) is 0. The molecule has 3 nitrogen and oxygen atoms in total. The lowest BCUT2D eigenvalue weighted by atomic mass is 10.2. The van der Waals surface area contributed by atoms with Crippen LogP contribution < -0.4 is 14.8 Å². The summed E-state index contributed by atoms with van der Waals surface area (Å²) in [6.45, 7) is 1.81. The lowest BCUT2D eigenvalue weighted by molar-refractivity contribution is 0.302. The molecule has 18 heavy (non-hydrogen) atoms. The topological polar surface area (TPSA) is 30.5 Å². The fourth-order valence-corrected chi connectivity index (χ4v) is 2.39. The average Bonchev–Trinajstić information content (AvgIpc) is 2.92. The maximum atomic E-state index is 5.69. The molecule has 1 aromatic carbocycles. The van der Waals surface area contributed by atoms with E-state index in [1.54, 1.807) is 7.11 Å². The summed E-state index contributed by atoms with van der Waals surface area (Å²) in [6.07, 6.45) is 6.51. The summed E-state index contributed by atoms with van der Waals surface area (Å²) in [5.41, 5.74) is 0. The molecule has 1 N–H and O–H groups in total. The first kappa shape index (κ1) is 13.2. The molecule has 0 radical (unpaired) electrons. The molecule has 1 aromatic rings. The van der Waals surface area contributed by atoms with E-state index in [0.717, 1.165) is 37.1 Å². The Bertz CT molecular complexity index is 348. The highest BCUT2D eigenvalue weighted by atomic mass is 16.5. The van der Waals surface area contributed by atoms with E-state index in [0.29, 0.717) is 0 Å². The van der Waals surface area contributed by atoms with Gasteiger partial charge in [0.2, 0.25) is 0 Å². The Kier molecular flexibility index (Phi) is 5.34. The molecule has 0 aromatic heterocycles. The van der Waals surface area contributed by atoms with Crippen molar-refractivity contribution in [3.05, 3.63) is 24.3 Å². The van der Waals surface area contributed by atoms with Crippen LogP contribution in [0.4, 0.5) is 0 Å². The molecule has 0 spiro atoms. The van der Waals surface area contributed by atoms with E-state index < -0.39 is 0 Å². The number of methoxy groups -OCH3 is 1. The molecule has 0 bridgehead atoms. The SMILES string of the molecule is COc1cccc(OCCCNC2CCCC2)c1. The van der Waals surface area contributed by atoms with Gasteiger partial charge in [-0.3, -0.25) is 0 Å². The molecule has 0 amide bonds. The molecule has 0 aliphatic heterocycles. The number of ether oxygens (including phenoxy) is 2. The fraction of sp³-hybridized carbons (Fsp3) is 0.600. The molecule has 0 unspecified atom stereocenters. The first-order valence-corrected chi connectivity index (χ1v) is 6.89. The van der Waals surface area contributed by atoms with Gasteiger partial charge >= 0.3 is 0 Å². The first-order chi connectivity index (χ1) is 8.88. The van der Waals surface area contributed by atoms with E-state index in [2.05, 4.69) is 5.32 Å². The molecule has 2 rings (SSSR count). The average molecular weight is 249 g/mol. The predicted octanol–water partition coefficient (Wildman–Crippen LogP) is 3.00. The largest absolute Gasteiger partial charge is 0.497 e. The van der Waals surface area contributed by atoms with E-state index in [-0.39, 0.29) is 0 Å². The molecule has 1 aliphatic rings. The van der Waals surface area contributed by atoms with Crippen molar-refractivity contribution < 1.29 is 9.47 Å². The van der Waals surface area contributed by atoms with Crippen molar-refractivity contribution in [3.63, 3.8) is 0 Å². The highest BCUT2D eigenvalue weighted by molar-refractivity contribution is 5.32. The van der Waals surface area contributed by atoms with Gasteiger partial charge in [-0.25, -0.2) is 0 Å². The van der Waals surface area contributed by atoms with Crippen molar-refractivity contribution >= 4 is 0 Å². The Hall–Kier alpha value is -1.22. The van der Waals surface area contributed by atoms with Crippen molar-refractivity contribution in [2.75, 3.05) is 20.3 Å². The molecule has 100 valence electrons. The van der Waals surface area contributed by atoms with E-state index in [1.807, 2.05) is 24.3 Å². The zero-order valence-electron chi connectivity index (χ0n) is 11.2. The highest BCUT2D eigenvalue weighted by Crippen LogP contribution is 2.19. The standard InChI is InChI=1S/C15H23NO2/c1-17-14-8-4-9-15(12-14)18-11-5-10-16-13-6-2-3-7-13/h4,8-9,12-13,16H,2-3,5-7,10-11H2,1H3. The van der Waals surface area contributed by atoms with E-state index in [1.165, 1.54) is 25.7 Å². The van der Waals surface area contributed by atoms with Crippen LogP contribution in [-0.2, 0) is 0 Å². The van der Waals surface area contributed by atoms with Crippen LogP contribution in [0.1, 0.15) is 32.1 Å². The van der Waals surface area contributed by atoms with Gasteiger partial charge in [0.05, 0.1) is 13.7 Å². The molecule has 0 atom stereocenters. The van der Waals surface area contributed by atoms with Crippen molar-refractivity contribution in [2.24, 2.45) is 0 Å². The van der Waals surface area contributed by atoms with Gasteiger partial charge < -0.3 is 14.8 Å². The van der Waals surface area contributed by atoms with Crippen LogP contribution in [-0.4, -0.2) is 26.3 Å². The van der Waals surface area contributed by atoms with Gasteiger partial charge in [0, 0.05) is 12.1 Å². The second kappa shape index (κ2) is 7.27. The Labute approximate surface area is 109 Å². The van der Waals surface area contributed by atoms with Crippen molar-refractivity contribution in [1.29, 1.82) is 0 Å². The van der Waals surface area contributed by atoms with Gasteiger partial charge in [0.1, 0.15) is 11.5 Å². The van der Waals surface area contributed by atoms with Crippen LogP contribution in [0.2, 0.25) is 0 Å². The van der Waals surface area contributed by atoms with Crippen LogP contribution in [0.25, 0.3) is 0 Å². The second-order valence-corrected chi connectivity index (χ2v) is 4.82. The molecular weight excluding hydrogens is 226 g/mol. The maximum absolute atomic E-state index is 5.69. The van der Waals surface area contributed by atoms with Gasteiger partial charge in [0.15, 0.2) is 0 Å². The molecule has 0 heterocycles. The highest BCUT2D eigenvalue weighted by Gasteiger charge is 2.13. The molecular formula is C15H23NO2. The maximum Gasteiger partial charge on any atom is 0.122 e. The Balaban J connectivity index is 1.59. The third-order valence-corrected chi connectivity index (χ3v) is 3.42. The number of nitrogens with one attached hydrogen (secondary N) is 1. The lowest BCUT2D eigenvalue weighted by Crippen LogP contribution is -2.27. The van der Waals surface area contributed by atoms with Crippen molar-refractivity contribution in [3.8, 4) is 11.5 Å². The Morgan fingerprint density at radius 2 is 2.00 bits per heavy atom. The number of rotatable bonds is 7. The van der Waals surface area contributed by atoms with E-state index >= 15 is 0 Å². The zero-order valence-corrected chi connectivity index (χ0v) is 11.2. The van der Waals surface area contributed by atoms with Gasteiger partial charge in [0.25, 0.3) is 0 Å². The zero-order chi connectivity index (χ0) is 12.6. The van der Waals surface area contributed by atoms with Crippen LogP contribution in [0.5, 0.6) is 11.5 Å². The van der Waals surface area contributed by atoms with Gasteiger partial charge in [-0.1, -0.05) is 18.9 Å². The molecule has 3 heteroatoms. The van der Waals surface area contributed by atoms with Gasteiger partial charge in [-0.2, -0.15) is 0 Å². The monoisotopic (exact) mass is 249 g/mol.